The molecule has 0 bridgehead atoms. The van der Waals surface area contributed by atoms with Crippen molar-refractivity contribution in [1.82, 2.24) is 14.8 Å². The van der Waals surface area contributed by atoms with Gasteiger partial charge in [0.15, 0.2) is 4.77 Å². The Balaban J connectivity index is 2.23. The van der Waals surface area contributed by atoms with Crippen LogP contribution in [0.2, 0.25) is 0 Å². The Bertz CT molecular complexity index is 438. The molecule has 0 amide bonds. The molecule has 0 atom stereocenters. The van der Waals surface area contributed by atoms with Gasteiger partial charge in [-0.15, -0.1) is 0 Å². The van der Waals surface area contributed by atoms with Crippen LogP contribution in [0.1, 0.15) is 58.7 Å². The van der Waals surface area contributed by atoms with E-state index in [1.807, 2.05) is 0 Å². The number of aromatic amines is 1. The summed E-state index contributed by atoms with van der Waals surface area (Å²) in [5.74, 6) is 1.87. The number of nitrogens with one attached hydrogen (secondary N) is 1. The van der Waals surface area contributed by atoms with Crippen LogP contribution >= 0.6 is 12.2 Å². The van der Waals surface area contributed by atoms with Crippen LogP contribution in [0, 0.1) is 16.1 Å². The molecule has 18 heavy (non-hydrogen) atoms. The molecule has 1 fully saturated rings. The fourth-order valence-corrected chi connectivity index (χ4v) is 3.75. The zero-order chi connectivity index (χ0) is 13.2. The molecule has 0 saturated heterocycles. The largest absolute Gasteiger partial charge is 0.304 e. The fourth-order valence-electron chi connectivity index (χ4n) is 3.54. The summed E-state index contributed by atoms with van der Waals surface area (Å²) in [6, 6.07) is 0. The maximum atomic E-state index is 5.38. The van der Waals surface area contributed by atoms with Gasteiger partial charge in [-0.05, 0) is 42.8 Å². The topological polar surface area (TPSA) is 33.6 Å². The van der Waals surface area contributed by atoms with Crippen molar-refractivity contribution in [2.75, 3.05) is 0 Å². The van der Waals surface area contributed by atoms with Crippen molar-refractivity contribution >= 4 is 12.2 Å². The molecular formula is C14H25N3S. The van der Waals surface area contributed by atoms with Crippen molar-refractivity contribution in [3.8, 4) is 0 Å². The lowest BCUT2D eigenvalue weighted by Gasteiger charge is -2.31. The number of rotatable bonds is 5. The van der Waals surface area contributed by atoms with E-state index in [-0.39, 0.29) is 0 Å². The maximum absolute atomic E-state index is 5.38. The first-order valence-corrected chi connectivity index (χ1v) is 7.61. The predicted molar refractivity (Wildman–Crippen MR) is 77.1 cm³/mol. The Kier molecular flexibility index (Phi) is 4.25. The minimum Gasteiger partial charge on any atom is -0.304 e. The second kappa shape index (κ2) is 5.55. The molecule has 1 heterocycles. The van der Waals surface area contributed by atoms with E-state index in [0.29, 0.717) is 5.41 Å². The molecule has 0 aromatic carbocycles. The lowest BCUT2D eigenvalue weighted by atomic mass is 9.78. The summed E-state index contributed by atoms with van der Waals surface area (Å²) >= 11 is 5.38. The molecule has 4 heteroatoms. The van der Waals surface area contributed by atoms with Gasteiger partial charge in [0.2, 0.25) is 0 Å². The van der Waals surface area contributed by atoms with Gasteiger partial charge in [-0.1, -0.05) is 33.6 Å². The van der Waals surface area contributed by atoms with Crippen LogP contribution < -0.4 is 0 Å². The first kappa shape index (κ1) is 13.8. The Hall–Kier alpha value is -0.640. The van der Waals surface area contributed by atoms with Gasteiger partial charge in [0, 0.05) is 13.0 Å². The molecule has 1 N–H and O–H groups in total. The van der Waals surface area contributed by atoms with E-state index in [9.17, 15) is 0 Å². The smallest absolute Gasteiger partial charge is 0.195 e. The second-order valence-corrected chi connectivity index (χ2v) is 6.58. The Morgan fingerprint density at radius 1 is 1.39 bits per heavy atom. The van der Waals surface area contributed by atoms with Crippen LogP contribution in [0.15, 0.2) is 0 Å². The lowest BCUT2D eigenvalue weighted by Crippen LogP contribution is -2.26. The molecule has 3 nitrogen and oxygen atoms in total. The zero-order valence-electron chi connectivity index (χ0n) is 11.8. The standard InChI is InChI=1S/C14H25N3S/c1-4-12-15-16-13(18)17(12)10-14(9-11(2)3)7-5-6-8-14/h11H,4-10H2,1-3H3,(H,16,18). The number of aromatic nitrogens is 3. The van der Waals surface area contributed by atoms with Gasteiger partial charge >= 0.3 is 0 Å². The maximum Gasteiger partial charge on any atom is 0.195 e. The zero-order valence-corrected chi connectivity index (χ0v) is 12.6. The van der Waals surface area contributed by atoms with Crippen molar-refractivity contribution < 1.29 is 0 Å². The van der Waals surface area contributed by atoms with Crippen LogP contribution in [-0.2, 0) is 13.0 Å². The van der Waals surface area contributed by atoms with Gasteiger partial charge in [0.1, 0.15) is 5.82 Å². The Morgan fingerprint density at radius 3 is 2.61 bits per heavy atom. The quantitative estimate of drug-likeness (QED) is 0.815. The summed E-state index contributed by atoms with van der Waals surface area (Å²) in [5.41, 5.74) is 0.459. The summed E-state index contributed by atoms with van der Waals surface area (Å²) in [4.78, 5) is 0. The predicted octanol–water partition coefficient (Wildman–Crippen LogP) is 4.11. The van der Waals surface area contributed by atoms with E-state index in [2.05, 4.69) is 35.5 Å². The highest BCUT2D eigenvalue weighted by Crippen LogP contribution is 2.44. The molecule has 1 aromatic heterocycles. The van der Waals surface area contributed by atoms with Crippen LogP contribution in [0.4, 0.5) is 0 Å². The van der Waals surface area contributed by atoms with Gasteiger partial charge in [-0.3, -0.25) is 5.10 Å². The third-order valence-electron chi connectivity index (χ3n) is 4.15. The molecule has 1 saturated carbocycles. The minimum atomic E-state index is 0.459. The summed E-state index contributed by atoms with van der Waals surface area (Å²) in [6.07, 6.45) is 7.70. The molecule has 2 rings (SSSR count). The summed E-state index contributed by atoms with van der Waals surface area (Å²) < 4.78 is 3.03. The summed E-state index contributed by atoms with van der Waals surface area (Å²) in [7, 11) is 0. The number of hydrogen-bond donors (Lipinski definition) is 1. The number of aryl methyl sites for hydroxylation is 1. The second-order valence-electron chi connectivity index (χ2n) is 6.19. The van der Waals surface area contributed by atoms with Crippen LogP contribution in [0.25, 0.3) is 0 Å². The average Bonchev–Trinajstić information content (AvgIpc) is 2.88. The first-order valence-electron chi connectivity index (χ1n) is 7.20. The SMILES string of the molecule is CCc1n[nH]c(=S)n1CC1(CC(C)C)CCCC1. The number of H-pyrrole nitrogens is 1. The van der Waals surface area contributed by atoms with Gasteiger partial charge in [-0.2, -0.15) is 5.10 Å². The summed E-state index contributed by atoms with van der Waals surface area (Å²) in [5, 5.41) is 7.28. The van der Waals surface area contributed by atoms with Crippen LogP contribution in [0.5, 0.6) is 0 Å². The average molecular weight is 267 g/mol. The Labute approximate surface area is 115 Å². The fraction of sp³-hybridized carbons (Fsp3) is 0.857. The van der Waals surface area contributed by atoms with Gasteiger partial charge in [0.25, 0.3) is 0 Å². The molecule has 0 aliphatic heterocycles. The van der Waals surface area contributed by atoms with Crippen molar-refractivity contribution in [2.45, 2.75) is 65.8 Å². The van der Waals surface area contributed by atoms with E-state index < -0.39 is 0 Å². The third kappa shape index (κ3) is 2.85. The minimum absolute atomic E-state index is 0.459. The highest BCUT2D eigenvalue weighted by molar-refractivity contribution is 7.71. The molecule has 1 aliphatic rings. The highest BCUT2D eigenvalue weighted by Gasteiger charge is 2.35. The molecule has 1 aromatic rings. The first-order chi connectivity index (χ1) is 8.56. The molecule has 0 spiro atoms. The molecule has 102 valence electrons. The van der Waals surface area contributed by atoms with Crippen molar-refractivity contribution in [1.29, 1.82) is 0 Å². The van der Waals surface area contributed by atoms with Crippen molar-refractivity contribution in [3.63, 3.8) is 0 Å². The molecule has 1 aliphatic carbocycles. The van der Waals surface area contributed by atoms with Gasteiger partial charge in [0.05, 0.1) is 0 Å². The highest BCUT2D eigenvalue weighted by atomic mass is 32.1. The van der Waals surface area contributed by atoms with Gasteiger partial charge in [-0.25, -0.2) is 0 Å². The Morgan fingerprint density at radius 2 is 2.06 bits per heavy atom. The van der Waals surface area contributed by atoms with E-state index >= 15 is 0 Å². The normalized spacial score (nSPS) is 18.7. The molecule has 0 unspecified atom stereocenters. The third-order valence-corrected chi connectivity index (χ3v) is 4.46. The summed E-state index contributed by atoms with van der Waals surface area (Å²) in [6.45, 7) is 7.86. The van der Waals surface area contributed by atoms with Crippen LogP contribution in [-0.4, -0.2) is 14.8 Å². The van der Waals surface area contributed by atoms with Crippen molar-refractivity contribution in [2.24, 2.45) is 11.3 Å². The van der Waals surface area contributed by atoms with E-state index in [1.54, 1.807) is 0 Å². The number of nitrogens with zero attached hydrogens (tertiary/aromatic N) is 2. The molecule has 0 radical (unpaired) electrons. The van der Waals surface area contributed by atoms with E-state index in [1.165, 1.54) is 32.1 Å². The van der Waals surface area contributed by atoms with Crippen molar-refractivity contribution in [3.05, 3.63) is 10.6 Å². The van der Waals surface area contributed by atoms with E-state index in [0.717, 1.165) is 29.5 Å². The van der Waals surface area contributed by atoms with E-state index in [4.69, 9.17) is 12.2 Å². The monoisotopic (exact) mass is 267 g/mol. The lowest BCUT2D eigenvalue weighted by molar-refractivity contribution is 0.194. The molecular weight excluding hydrogens is 242 g/mol. The number of hydrogen-bond acceptors (Lipinski definition) is 2. The van der Waals surface area contributed by atoms with Gasteiger partial charge < -0.3 is 4.57 Å². The van der Waals surface area contributed by atoms with Crippen LogP contribution in [0.3, 0.4) is 0 Å².